The van der Waals surface area contributed by atoms with E-state index in [9.17, 15) is 14.7 Å². The number of aliphatic hydroxyl groups excluding tert-OH is 1. The van der Waals surface area contributed by atoms with Crippen molar-refractivity contribution in [2.75, 3.05) is 19.1 Å². The van der Waals surface area contributed by atoms with Crippen LogP contribution in [-0.4, -0.2) is 31.3 Å². The molecule has 0 spiro atoms. The first-order valence-corrected chi connectivity index (χ1v) is 9.34. The van der Waals surface area contributed by atoms with Crippen LogP contribution in [0.25, 0.3) is 11.3 Å². The zero-order chi connectivity index (χ0) is 21.0. The third kappa shape index (κ3) is 4.18. The van der Waals surface area contributed by atoms with Crippen molar-refractivity contribution in [2.24, 2.45) is 0 Å². The lowest BCUT2D eigenvalue weighted by molar-refractivity contribution is -0.139. The van der Waals surface area contributed by atoms with Gasteiger partial charge in [0.25, 0.3) is 0 Å². The fourth-order valence-corrected chi connectivity index (χ4v) is 3.39. The maximum atomic E-state index is 12.5. The van der Waals surface area contributed by atoms with E-state index >= 15 is 0 Å². The Morgan fingerprint density at radius 1 is 1.10 bits per heavy atom. The molecule has 0 saturated carbocycles. The number of halogens is 1. The zero-order valence-electron chi connectivity index (χ0n) is 15.7. The molecule has 0 bridgehead atoms. The van der Waals surface area contributed by atoms with E-state index in [1.807, 2.05) is 0 Å². The standard InChI is InChI=1S/C21H18BrNO6/c1-27-20(25)16-5-3-4-10-23(19(16)21(26)28-2)13-6-8-15(17(22)11-13)18-9-7-14(12-24)29-18/h3-11,24H,12H2,1-2H3. The van der Waals surface area contributed by atoms with Gasteiger partial charge >= 0.3 is 11.9 Å². The minimum Gasteiger partial charge on any atom is -0.465 e. The van der Waals surface area contributed by atoms with Crippen molar-refractivity contribution in [1.29, 1.82) is 0 Å². The predicted octanol–water partition coefficient (Wildman–Crippen LogP) is 3.69. The molecule has 2 heterocycles. The van der Waals surface area contributed by atoms with Gasteiger partial charge in [0, 0.05) is 21.9 Å². The Labute approximate surface area is 175 Å². The summed E-state index contributed by atoms with van der Waals surface area (Å²) in [6.45, 7) is -0.190. The van der Waals surface area contributed by atoms with Crippen molar-refractivity contribution >= 4 is 33.6 Å². The quantitative estimate of drug-likeness (QED) is 0.681. The van der Waals surface area contributed by atoms with Crippen molar-refractivity contribution in [3.05, 3.63) is 76.3 Å². The van der Waals surface area contributed by atoms with Gasteiger partial charge in [0.15, 0.2) is 0 Å². The summed E-state index contributed by atoms with van der Waals surface area (Å²) in [6, 6.07) is 8.81. The van der Waals surface area contributed by atoms with Gasteiger partial charge in [-0.25, -0.2) is 9.59 Å². The average molecular weight is 460 g/mol. The Balaban J connectivity index is 2.08. The third-order valence-corrected chi connectivity index (χ3v) is 4.86. The Morgan fingerprint density at radius 3 is 2.48 bits per heavy atom. The summed E-state index contributed by atoms with van der Waals surface area (Å²) >= 11 is 3.52. The molecule has 2 aromatic rings. The molecule has 0 saturated heterocycles. The molecule has 0 aliphatic carbocycles. The summed E-state index contributed by atoms with van der Waals surface area (Å²) in [6.07, 6.45) is 6.48. The highest BCUT2D eigenvalue weighted by molar-refractivity contribution is 9.10. The first-order valence-electron chi connectivity index (χ1n) is 8.54. The van der Waals surface area contributed by atoms with Crippen molar-refractivity contribution < 1.29 is 28.6 Å². The summed E-state index contributed by atoms with van der Waals surface area (Å²) < 4.78 is 16.0. The van der Waals surface area contributed by atoms with Crippen LogP contribution in [0.4, 0.5) is 5.69 Å². The number of nitrogens with zero attached hydrogens (tertiary/aromatic N) is 1. The number of hydrogen-bond acceptors (Lipinski definition) is 7. The van der Waals surface area contributed by atoms with Crippen molar-refractivity contribution in [1.82, 2.24) is 0 Å². The van der Waals surface area contributed by atoms with E-state index in [2.05, 4.69) is 15.9 Å². The van der Waals surface area contributed by atoms with Gasteiger partial charge in [-0.05, 0) is 58.4 Å². The molecule has 3 rings (SSSR count). The summed E-state index contributed by atoms with van der Waals surface area (Å²) in [5.41, 5.74) is 1.48. The fourth-order valence-electron chi connectivity index (χ4n) is 2.83. The maximum absolute atomic E-state index is 12.5. The second-order valence-electron chi connectivity index (χ2n) is 5.90. The van der Waals surface area contributed by atoms with E-state index in [1.165, 1.54) is 20.3 Å². The molecule has 1 aliphatic heterocycles. The molecule has 1 N–H and O–H groups in total. The Morgan fingerprint density at radius 2 is 1.86 bits per heavy atom. The van der Waals surface area contributed by atoms with Crippen LogP contribution in [-0.2, 0) is 25.7 Å². The molecule has 29 heavy (non-hydrogen) atoms. The monoisotopic (exact) mass is 459 g/mol. The highest BCUT2D eigenvalue weighted by Crippen LogP contribution is 2.35. The number of esters is 2. The van der Waals surface area contributed by atoms with E-state index in [0.29, 0.717) is 21.7 Å². The molecule has 150 valence electrons. The number of furan rings is 1. The second-order valence-corrected chi connectivity index (χ2v) is 6.76. The molecular weight excluding hydrogens is 442 g/mol. The zero-order valence-corrected chi connectivity index (χ0v) is 17.3. The van der Waals surface area contributed by atoms with Gasteiger partial charge in [0.05, 0.1) is 19.8 Å². The highest BCUT2D eigenvalue weighted by Gasteiger charge is 2.27. The number of carbonyl (C=O) groups excluding carboxylic acids is 2. The fraction of sp³-hybridized carbons (Fsp3) is 0.143. The second kappa shape index (κ2) is 8.93. The first-order chi connectivity index (χ1) is 14.0. The molecular formula is C21H18BrNO6. The number of allylic oxidation sites excluding steroid dienone is 2. The van der Waals surface area contributed by atoms with Crippen LogP contribution in [0.1, 0.15) is 5.76 Å². The normalized spacial score (nSPS) is 13.4. The lowest BCUT2D eigenvalue weighted by Crippen LogP contribution is -2.26. The number of ether oxygens (including phenoxy) is 2. The van der Waals surface area contributed by atoms with Gasteiger partial charge in [0.2, 0.25) is 0 Å². The SMILES string of the molecule is COC(=O)C1=C(C(=O)OC)N(c2ccc(-c3ccc(CO)o3)c(Br)c2)C=CC=C1. The molecule has 1 aliphatic rings. The lowest BCUT2D eigenvalue weighted by atomic mass is 10.1. The van der Waals surface area contributed by atoms with E-state index in [1.54, 1.807) is 53.6 Å². The molecule has 8 heteroatoms. The van der Waals surface area contributed by atoms with Crippen LogP contribution in [0.2, 0.25) is 0 Å². The number of carbonyl (C=O) groups is 2. The molecule has 1 aromatic carbocycles. The van der Waals surface area contributed by atoms with Crippen LogP contribution in [0, 0.1) is 0 Å². The molecule has 0 radical (unpaired) electrons. The number of aliphatic hydroxyl groups is 1. The average Bonchev–Trinajstić information content (AvgIpc) is 3.10. The molecule has 7 nitrogen and oxygen atoms in total. The Bertz CT molecular complexity index is 1030. The number of anilines is 1. The van der Waals surface area contributed by atoms with E-state index in [0.717, 1.165) is 5.56 Å². The highest BCUT2D eigenvalue weighted by atomic mass is 79.9. The van der Waals surface area contributed by atoms with Crippen LogP contribution < -0.4 is 4.90 Å². The van der Waals surface area contributed by atoms with Gasteiger partial charge < -0.3 is 23.9 Å². The topological polar surface area (TPSA) is 89.2 Å². The summed E-state index contributed by atoms with van der Waals surface area (Å²) in [7, 11) is 2.49. The van der Waals surface area contributed by atoms with Crippen LogP contribution in [0.5, 0.6) is 0 Å². The van der Waals surface area contributed by atoms with Crippen LogP contribution in [0.15, 0.2) is 74.9 Å². The van der Waals surface area contributed by atoms with E-state index in [4.69, 9.17) is 13.9 Å². The van der Waals surface area contributed by atoms with Crippen molar-refractivity contribution in [3.8, 4) is 11.3 Å². The van der Waals surface area contributed by atoms with Crippen molar-refractivity contribution in [3.63, 3.8) is 0 Å². The molecule has 0 atom stereocenters. The summed E-state index contributed by atoms with van der Waals surface area (Å²) in [5.74, 6) is -0.297. The molecule has 0 amide bonds. The van der Waals surface area contributed by atoms with Gasteiger partial charge in [0.1, 0.15) is 23.8 Å². The number of benzene rings is 1. The summed E-state index contributed by atoms with van der Waals surface area (Å²) in [5, 5.41) is 9.19. The number of rotatable bonds is 5. The van der Waals surface area contributed by atoms with Crippen LogP contribution >= 0.6 is 15.9 Å². The predicted molar refractivity (Wildman–Crippen MR) is 110 cm³/mol. The number of hydrogen-bond donors (Lipinski definition) is 1. The number of methoxy groups -OCH3 is 2. The van der Waals surface area contributed by atoms with Gasteiger partial charge in [-0.3, -0.25) is 0 Å². The largest absolute Gasteiger partial charge is 0.465 e. The summed E-state index contributed by atoms with van der Waals surface area (Å²) in [4.78, 5) is 26.3. The first kappa shape index (κ1) is 20.6. The van der Waals surface area contributed by atoms with Crippen LogP contribution in [0.3, 0.4) is 0 Å². The smallest absolute Gasteiger partial charge is 0.355 e. The molecule has 0 unspecified atom stereocenters. The molecule has 1 aromatic heterocycles. The van der Waals surface area contributed by atoms with Gasteiger partial charge in [-0.15, -0.1) is 0 Å². The lowest BCUT2D eigenvalue weighted by Gasteiger charge is -2.23. The Kier molecular flexibility index (Phi) is 6.36. The maximum Gasteiger partial charge on any atom is 0.355 e. The van der Waals surface area contributed by atoms with Crippen molar-refractivity contribution in [2.45, 2.75) is 6.61 Å². The molecule has 0 fully saturated rings. The van der Waals surface area contributed by atoms with E-state index < -0.39 is 11.9 Å². The van der Waals surface area contributed by atoms with Gasteiger partial charge in [-0.1, -0.05) is 6.08 Å². The Hall–Kier alpha value is -3.10. The minimum atomic E-state index is -0.680. The van der Waals surface area contributed by atoms with Gasteiger partial charge in [-0.2, -0.15) is 0 Å². The third-order valence-electron chi connectivity index (χ3n) is 4.20. The minimum absolute atomic E-state index is 0.0320. The van der Waals surface area contributed by atoms with E-state index in [-0.39, 0.29) is 17.9 Å².